The van der Waals surface area contributed by atoms with Crippen molar-refractivity contribution in [3.8, 4) is 0 Å². The van der Waals surface area contributed by atoms with Gasteiger partial charge in [-0.15, -0.1) is 0 Å². The van der Waals surface area contributed by atoms with Crippen molar-refractivity contribution in [2.45, 2.75) is 12.5 Å². The second-order valence-electron chi connectivity index (χ2n) is 2.86. The zero-order valence-electron chi connectivity index (χ0n) is 6.73. The highest BCUT2D eigenvalue weighted by atomic mass is 16.5. The van der Waals surface area contributed by atoms with Gasteiger partial charge >= 0.3 is 0 Å². The molecule has 1 unspecified atom stereocenters. The Balaban J connectivity index is 2.14. The third-order valence-corrected chi connectivity index (χ3v) is 1.98. The Hall–Kier alpha value is -1.44. The van der Waals surface area contributed by atoms with Crippen molar-refractivity contribution in [2.75, 3.05) is 0 Å². The Morgan fingerprint density at radius 1 is 1.25 bits per heavy atom. The summed E-state index contributed by atoms with van der Waals surface area (Å²) in [5.74, 6) is 0.545. The average molecular weight is 161 g/mol. The molecule has 0 spiro atoms. The van der Waals surface area contributed by atoms with Crippen LogP contribution in [0, 0.1) is 0 Å². The van der Waals surface area contributed by atoms with Crippen LogP contribution in [-0.4, -0.2) is 0 Å². The molecule has 0 radical (unpaired) electrons. The molecular formula is C10H11NO. The molecule has 12 heavy (non-hydrogen) atoms. The van der Waals surface area contributed by atoms with E-state index in [1.54, 1.807) is 0 Å². The third-order valence-electron chi connectivity index (χ3n) is 1.98. The van der Waals surface area contributed by atoms with Gasteiger partial charge < -0.3 is 10.5 Å². The van der Waals surface area contributed by atoms with Crippen molar-refractivity contribution >= 4 is 0 Å². The van der Waals surface area contributed by atoms with Crippen LogP contribution in [0.2, 0.25) is 0 Å². The standard InChI is InChI=1S/C10H11NO/c11-10-7-6-9(12-10)8-4-2-1-3-5-8/h1-5,7,9H,6,11H2. The Labute approximate surface area is 71.6 Å². The van der Waals surface area contributed by atoms with E-state index in [9.17, 15) is 0 Å². The smallest absolute Gasteiger partial charge is 0.180 e. The van der Waals surface area contributed by atoms with Crippen LogP contribution in [0.5, 0.6) is 0 Å². The lowest BCUT2D eigenvalue weighted by molar-refractivity contribution is 0.143. The molecule has 1 aliphatic rings. The predicted molar refractivity (Wildman–Crippen MR) is 47.2 cm³/mol. The minimum absolute atomic E-state index is 0.131. The highest BCUT2D eigenvalue weighted by molar-refractivity contribution is 5.20. The molecular weight excluding hydrogens is 150 g/mol. The fourth-order valence-corrected chi connectivity index (χ4v) is 1.36. The van der Waals surface area contributed by atoms with Gasteiger partial charge in [0.1, 0.15) is 6.10 Å². The Kier molecular flexibility index (Phi) is 1.74. The summed E-state index contributed by atoms with van der Waals surface area (Å²) >= 11 is 0. The first kappa shape index (κ1) is 7.22. The minimum atomic E-state index is 0.131. The first-order valence-corrected chi connectivity index (χ1v) is 4.03. The van der Waals surface area contributed by atoms with E-state index in [4.69, 9.17) is 10.5 Å². The van der Waals surface area contributed by atoms with Crippen LogP contribution in [-0.2, 0) is 4.74 Å². The van der Waals surface area contributed by atoms with Gasteiger partial charge in [0.25, 0.3) is 0 Å². The summed E-state index contributed by atoms with van der Waals surface area (Å²) in [4.78, 5) is 0. The second kappa shape index (κ2) is 2.89. The van der Waals surface area contributed by atoms with Gasteiger partial charge in [-0.05, 0) is 11.6 Å². The lowest BCUT2D eigenvalue weighted by Gasteiger charge is -2.10. The summed E-state index contributed by atoms with van der Waals surface area (Å²) in [6.45, 7) is 0. The van der Waals surface area contributed by atoms with Crippen molar-refractivity contribution in [3.05, 3.63) is 47.9 Å². The monoisotopic (exact) mass is 161 g/mol. The lowest BCUT2D eigenvalue weighted by Crippen LogP contribution is -2.01. The predicted octanol–water partition coefficient (Wildman–Crippen LogP) is 1.95. The zero-order valence-corrected chi connectivity index (χ0v) is 6.73. The van der Waals surface area contributed by atoms with Gasteiger partial charge in [0.2, 0.25) is 0 Å². The topological polar surface area (TPSA) is 35.2 Å². The van der Waals surface area contributed by atoms with Crippen LogP contribution < -0.4 is 5.73 Å². The molecule has 0 aromatic heterocycles. The summed E-state index contributed by atoms with van der Waals surface area (Å²) in [5, 5.41) is 0. The summed E-state index contributed by atoms with van der Waals surface area (Å²) < 4.78 is 5.39. The summed E-state index contributed by atoms with van der Waals surface area (Å²) in [6, 6.07) is 10.1. The highest BCUT2D eigenvalue weighted by Gasteiger charge is 2.17. The molecule has 1 aliphatic heterocycles. The van der Waals surface area contributed by atoms with Gasteiger partial charge in [-0.25, -0.2) is 0 Å². The first-order valence-electron chi connectivity index (χ1n) is 4.03. The molecule has 0 fully saturated rings. The third kappa shape index (κ3) is 1.28. The molecule has 0 aliphatic carbocycles. The molecule has 2 N–H and O–H groups in total. The fourth-order valence-electron chi connectivity index (χ4n) is 1.36. The number of ether oxygens (including phenoxy) is 1. The van der Waals surface area contributed by atoms with E-state index >= 15 is 0 Å². The van der Waals surface area contributed by atoms with Crippen LogP contribution in [0.3, 0.4) is 0 Å². The highest BCUT2D eigenvalue weighted by Crippen LogP contribution is 2.28. The van der Waals surface area contributed by atoms with E-state index in [0.717, 1.165) is 6.42 Å². The molecule has 1 aromatic carbocycles. The molecule has 0 saturated carbocycles. The molecule has 2 heteroatoms. The average Bonchev–Trinajstić information content (AvgIpc) is 2.54. The number of hydrogen-bond donors (Lipinski definition) is 1. The molecule has 2 rings (SSSR count). The number of hydrogen-bond acceptors (Lipinski definition) is 2. The Bertz CT molecular complexity index is 292. The summed E-state index contributed by atoms with van der Waals surface area (Å²) in [7, 11) is 0. The molecule has 0 amide bonds. The maximum Gasteiger partial charge on any atom is 0.180 e. The number of rotatable bonds is 1. The van der Waals surface area contributed by atoms with E-state index in [1.807, 2.05) is 24.3 Å². The summed E-state index contributed by atoms with van der Waals surface area (Å²) in [5.41, 5.74) is 6.69. The van der Waals surface area contributed by atoms with E-state index in [2.05, 4.69) is 12.1 Å². The maximum atomic E-state index is 5.50. The lowest BCUT2D eigenvalue weighted by atomic mass is 10.1. The first-order chi connectivity index (χ1) is 5.86. The Morgan fingerprint density at radius 3 is 2.58 bits per heavy atom. The van der Waals surface area contributed by atoms with Crippen LogP contribution in [0.25, 0.3) is 0 Å². The van der Waals surface area contributed by atoms with Crippen molar-refractivity contribution < 1.29 is 4.74 Å². The van der Waals surface area contributed by atoms with Crippen molar-refractivity contribution in [1.82, 2.24) is 0 Å². The van der Waals surface area contributed by atoms with Gasteiger partial charge in [0, 0.05) is 6.42 Å². The van der Waals surface area contributed by atoms with E-state index in [-0.39, 0.29) is 6.10 Å². The maximum absolute atomic E-state index is 5.50. The van der Waals surface area contributed by atoms with Crippen LogP contribution in [0.4, 0.5) is 0 Å². The molecule has 2 nitrogen and oxygen atoms in total. The number of benzene rings is 1. The Morgan fingerprint density at radius 2 is 2.00 bits per heavy atom. The van der Waals surface area contributed by atoms with Gasteiger partial charge in [-0.2, -0.15) is 0 Å². The molecule has 1 heterocycles. The van der Waals surface area contributed by atoms with E-state index in [1.165, 1.54) is 5.56 Å². The van der Waals surface area contributed by atoms with Crippen LogP contribution in [0.15, 0.2) is 42.3 Å². The normalized spacial score (nSPS) is 21.7. The SMILES string of the molecule is NC1=CCC(c2ccccc2)O1. The quantitative estimate of drug-likeness (QED) is 0.683. The minimum Gasteiger partial charge on any atom is -0.471 e. The van der Waals surface area contributed by atoms with Crippen LogP contribution >= 0.6 is 0 Å². The number of nitrogens with two attached hydrogens (primary N) is 1. The molecule has 1 aromatic rings. The molecule has 1 atom stereocenters. The molecule has 0 bridgehead atoms. The van der Waals surface area contributed by atoms with Crippen molar-refractivity contribution in [1.29, 1.82) is 0 Å². The largest absolute Gasteiger partial charge is 0.471 e. The van der Waals surface area contributed by atoms with E-state index < -0.39 is 0 Å². The van der Waals surface area contributed by atoms with Gasteiger partial charge in [0.15, 0.2) is 5.88 Å². The fraction of sp³-hybridized carbons (Fsp3) is 0.200. The summed E-state index contributed by atoms with van der Waals surface area (Å²) in [6.07, 6.45) is 2.93. The molecule has 62 valence electrons. The van der Waals surface area contributed by atoms with Gasteiger partial charge in [0.05, 0.1) is 0 Å². The van der Waals surface area contributed by atoms with Crippen LogP contribution in [0.1, 0.15) is 18.1 Å². The van der Waals surface area contributed by atoms with Gasteiger partial charge in [-0.3, -0.25) is 0 Å². The van der Waals surface area contributed by atoms with Crippen molar-refractivity contribution in [2.24, 2.45) is 5.73 Å². The van der Waals surface area contributed by atoms with Crippen molar-refractivity contribution in [3.63, 3.8) is 0 Å². The van der Waals surface area contributed by atoms with Gasteiger partial charge in [-0.1, -0.05) is 30.3 Å². The second-order valence-corrected chi connectivity index (χ2v) is 2.86. The zero-order chi connectivity index (χ0) is 8.39. The molecule has 0 saturated heterocycles. The van der Waals surface area contributed by atoms with E-state index in [0.29, 0.717) is 5.88 Å².